The predicted octanol–water partition coefficient (Wildman–Crippen LogP) is 3.42. The largest absolute Gasteiger partial charge is 0.368 e. The fourth-order valence-corrected chi connectivity index (χ4v) is 4.88. The summed E-state index contributed by atoms with van der Waals surface area (Å²) in [5.74, 6) is 1.08. The van der Waals surface area contributed by atoms with E-state index < -0.39 is 0 Å². The Labute approximate surface area is 176 Å². The average molecular weight is 429 g/mol. The summed E-state index contributed by atoms with van der Waals surface area (Å²) in [5, 5.41) is 12.1. The van der Waals surface area contributed by atoms with Crippen LogP contribution in [0.15, 0.2) is 34.7 Å². The number of thioether (sulfide) groups is 1. The molecule has 1 saturated carbocycles. The first-order valence-corrected chi connectivity index (χ1v) is 10.8. The minimum absolute atomic E-state index is 0.00452. The SMILES string of the molecule is CC(=O)N(c1nnc(SC(C)c2nc(N)nc(Nc3ccccc3)n2)s1)C1CC1. The number of anilines is 4. The van der Waals surface area contributed by atoms with Gasteiger partial charge in [-0.15, -0.1) is 10.2 Å². The minimum Gasteiger partial charge on any atom is -0.368 e. The number of nitrogens with one attached hydrogen (secondary N) is 1. The van der Waals surface area contributed by atoms with Crippen molar-refractivity contribution in [2.75, 3.05) is 16.0 Å². The summed E-state index contributed by atoms with van der Waals surface area (Å²) in [7, 11) is 0. The van der Waals surface area contributed by atoms with Crippen molar-refractivity contribution in [1.82, 2.24) is 25.1 Å². The second-order valence-electron chi connectivity index (χ2n) is 6.60. The van der Waals surface area contributed by atoms with Gasteiger partial charge in [-0.3, -0.25) is 9.69 Å². The van der Waals surface area contributed by atoms with Crippen molar-refractivity contribution < 1.29 is 4.79 Å². The number of benzene rings is 1. The van der Waals surface area contributed by atoms with Crippen LogP contribution < -0.4 is 16.0 Å². The first-order chi connectivity index (χ1) is 14.0. The third-order valence-corrected chi connectivity index (χ3v) is 6.30. The van der Waals surface area contributed by atoms with Crippen LogP contribution in [0.5, 0.6) is 0 Å². The zero-order chi connectivity index (χ0) is 20.4. The lowest BCUT2D eigenvalue weighted by Crippen LogP contribution is -2.30. The van der Waals surface area contributed by atoms with Gasteiger partial charge in [0.1, 0.15) is 5.82 Å². The Morgan fingerprint density at radius 2 is 2.00 bits per heavy atom. The molecule has 3 aromatic rings. The standard InChI is InChI=1S/C18H20N8OS2/c1-10(28-18-25-24-17(29-18)26(11(2)27)13-8-9-13)14-21-15(19)23-16(22-14)20-12-6-4-3-5-7-12/h3-7,10,13H,8-9H2,1-2H3,(H3,19,20,21,22,23). The number of nitrogens with zero attached hydrogens (tertiary/aromatic N) is 6. The fourth-order valence-electron chi connectivity index (χ4n) is 2.73. The lowest BCUT2D eigenvalue weighted by molar-refractivity contribution is -0.116. The molecule has 0 aliphatic heterocycles. The van der Waals surface area contributed by atoms with Crippen molar-refractivity contribution >= 4 is 51.7 Å². The molecule has 29 heavy (non-hydrogen) atoms. The Morgan fingerprint density at radius 3 is 2.69 bits per heavy atom. The molecule has 1 fully saturated rings. The molecule has 11 heteroatoms. The lowest BCUT2D eigenvalue weighted by atomic mass is 10.3. The summed E-state index contributed by atoms with van der Waals surface area (Å²) in [6.07, 6.45) is 2.03. The van der Waals surface area contributed by atoms with Crippen LogP contribution >= 0.6 is 23.1 Å². The van der Waals surface area contributed by atoms with Gasteiger partial charge in [0.25, 0.3) is 0 Å². The maximum absolute atomic E-state index is 11.9. The summed E-state index contributed by atoms with van der Waals surface area (Å²) < 4.78 is 0.746. The second-order valence-corrected chi connectivity index (χ2v) is 9.14. The molecule has 9 nitrogen and oxygen atoms in total. The maximum atomic E-state index is 11.9. The molecule has 2 aromatic heterocycles. The van der Waals surface area contributed by atoms with E-state index in [1.165, 1.54) is 23.1 Å². The quantitative estimate of drug-likeness (QED) is 0.430. The smallest absolute Gasteiger partial charge is 0.232 e. The van der Waals surface area contributed by atoms with Crippen molar-refractivity contribution in [3.05, 3.63) is 36.2 Å². The van der Waals surface area contributed by atoms with E-state index in [2.05, 4.69) is 30.5 Å². The van der Waals surface area contributed by atoms with Gasteiger partial charge >= 0.3 is 0 Å². The van der Waals surface area contributed by atoms with Gasteiger partial charge in [0.2, 0.25) is 22.9 Å². The monoisotopic (exact) mass is 428 g/mol. The zero-order valence-electron chi connectivity index (χ0n) is 15.9. The first-order valence-electron chi connectivity index (χ1n) is 9.13. The molecule has 4 rings (SSSR count). The van der Waals surface area contributed by atoms with Crippen LogP contribution in [-0.4, -0.2) is 37.1 Å². The van der Waals surface area contributed by atoms with Crippen LogP contribution in [0.1, 0.15) is 37.8 Å². The number of amides is 1. The van der Waals surface area contributed by atoms with Gasteiger partial charge in [-0.1, -0.05) is 41.3 Å². The highest BCUT2D eigenvalue weighted by atomic mass is 32.2. The minimum atomic E-state index is -0.121. The molecule has 0 spiro atoms. The molecule has 3 N–H and O–H groups in total. The number of para-hydroxylation sites is 1. The van der Waals surface area contributed by atoms with E-state index in [1.54, 1.807) is 11.8 Å². The molecule has 0 saturated heterocycles. The third-order valence-electron chi connectivity index (χ3n) is 4.19. The highest BCUT2D eigenvalue weighted by molar-refractivity contribution is 8.01. The van der Waals surface area contributed by atoms with Gasteiger partial charge < -0.3 is 11.1 Å². The molecule has 2 heterocycles. The van der Waals surface area contributed by atoms with Crippen LogP contribution in [0.4, 0.5) is 22.7 Å². The summed E-state index contributed by atoms with van der Waals surface area (Å²) in [6, 6.07) is 9.87. The summed E-state index contributed by atoms with van der Waals surface area (Å²) >= 11 is 2.87. The topological polar surface area (TPSA) is 123 Å². The Bertz CT molecular complexity index is 1010. The Balaban J connectivity index is 1.48. The van der Waals surface area contributed by atoms with E-state index >= 15 is 0 Å². The van der Waals surface area contributed by atoms with Gasteiger partial charge in [0.15, 0.2) is 4.34 Å². The molecule has 0 bridgehead atoms. The highest BCUT2D eigenvalue weighted by Crippen LogP contribution is 2.40. The molecular weight excluding hydrogens is 408 g/mol. The van der Waals surface area contributed by atoms with Crippen molar-refractivity contribution in [3.8, 4) is 0 Å². The molecule has 1 aliphatic carbocycles. The molecule has 150 valence electrons. The molecular formula is C18H20N8OS2. The molecule has 1 aromatic carbocycles. The first kappa shape index (κ1) is 19.5. The number of nitrogens with two attached hydrogens (primary N) is 1. The van der Waals surface area contributed by atoms with Gasteiger partial charge in [-0.05, 0) is 31.9 Å². The van der Waals surface area contributed by atoms with Crippen molar-refractivity contribution in [2.24, 2.45) is 0 Å². The highest BCUT2D eigenvalue weighted by Gasteiger charge is 2.34. The van der Waals surface area contributed by atoms with E-state index in [4.69, 9.17) is 5.73 Å². The second kappa shape index (κ2) is 8.29. The van der Waals surface area contributed by atoms with Crippen molar-refractivity contribution in [2.45, 2.75) is 42.3 Å². The van der Waals surface area contributed by atoms with E-state index in [-0.39, 0.29) is 23.1 Å². The van der Waals surface area contributed by atoms with E-state index in [0.717, 1.165) is 22.9 Å². The third kappa shape index (κ3) is 4.80. The lowest BCUT2D eigenvalue weighted by Gasteiger charge is -2.15. The summed E-state index contributed by atoms with van der Waals surface area (Å²) in [5.41, 5.74) is 6.74. The Morgan fingerprint density at radius 1 is 1.24 bits per heavy atom. The normalized spacial score (nSPS) is 14.4. The van der Waals surface area contributed by atoms with Crippen LogP contribution in [-0.2, 0) is 4.79 Å². The molecule has 1 amide bonds. The number of hydrogen-bond donors (Lipinski definition) is 2. The van der Waals surface area contributed by atoms with E-state index in [1.807, 2.05) is 37.3 Å². The van der Waals surface area contributed by atoms with Crippen LogP contribution in [0.25, 0.3) is 0 Å². The maximum Gasteiger partial charge on any atom is 0.232 e. The number of aromatic nitrogens is 5. The van der Waals surface area contributed by atoms with Crippen LogP contribution in [0.2, 0.25) is 0 Å². The summed E-state index contributed by atoms with van der Waals surface area (Å²) in [6.45, 7) is 3.53. The van der Waals surface area contributed by atoms with Gasteiger partial charge in [-0.2, -0.15) is 15.0 Å². The van der Waals surface area contributed by atoms with Crippen LogP contribution in [0.3, 0.4) is 0 Å². The van der Waals surface area contributed by atoms with E-state index in [0.29, 0.717) is 16.9 Å². The van der Waals surface area contributed by atoms with Gasteiger partial charge in [-0.25, -0.2) is 0 Å². The van der Waals surface area contributed by atoms with E-state index in [9.17, 15) is 4.79 Å². The molecule has 0 radical (unpaired) electrons. The summed E-state index contributed by atoms with van der Waals surface area (Å²) in [4.78, 5) is 26.6. The van der Waals surface area contributed by atoms with Crippen LogP contribution in [0, 0.1) is 0 Å². The molecule has 1 atom stereocenters. The Kier molecular flexibility index (Phi) is 5.58. The number of carbonyl (C=O) groups excluding carboxylic acids is 1. The Hall–Kier alpha value is -2.79. The van der Waals surface area contributed by atoms with Gasteiger partial charge in [0.05, 0.1) is 5.25 Å². The predicted molar refractivity (Wildman–Crippen MR) is 114 cm³/mol. The molecule has 1 unspecified atom stereocenters. The molecule has 1 aliphatic rings. The number of nitrogen functional groups attached to an aromatic ring is 1. The number of hydrogen-bond acceptors (Lipinski definition) is 10. The van der Waals surface area contributed by atoms with Gasteiger partial charge in [0, 0.05) is 18.7 Å². The average Bonchev–Trinajstić information content (AvgIpc) is 3.40. The van der Waals surface area contributed by atoms with Crippen molar-refractivity contribution in [3.63, 3.8) is 0 Å². The number of rotatable bonds is 7. The zero-order valence-corrected chi connectivity index (χ0v) is 17.6. The fraction of sp³-hybridized carbons (Fsp3) is 0.333. The van der Waals surface area contributed by atoms with Crippen molar-refractivity contribution in [1.29, 1.82) is 0 Å². The number of carbonyl (C=O) groups is 1.